The van der Waals surface area contributed by atoms with Gasteiger partial charge in [-0.05, 0) is 42.7 Å². The molecule has 0 radical (unpaired) electrons. The maximum Gasteiger partial charge on any atom is 0.196 e. The molecule has 0 aliphatic carbocycles. The van der Waals surface area contributed by atoms with Crippen LogP contribution in [0.25, 0.3) is 20.2 Å². The van der Waals surface area contributed by atoms with Crippen LogP contribution in [0.1, 0.15) is 18.1 Å². The molecule has 0 saturated heterocycles. The Hall–Kier alpha value is -1.67. The molecule has 2 aromatic carbocycles. The number of hydrogen-bond donors (Lipinski definition) is 0. The van der Waals surface area contributed by atoms with Crippen molar-refractivity contribution in [3.63, 3.8) is 0 Å². The Morgan fingerprint density at radius 3 is 2.61 bits per heavy atom. The highest BCUT2D eigenvalue weighted by atomic mass is 32.1. The van der Waals surface area contributed by atoms with Gasteiger partial charge >= 0.3 is 0 Å². The first-order valence-corrected chi connectivity index (χ1v) is 6.98. The number of rotatable bonds is 1. The zero-order chi connectivity index (χ0) is 12.7. The summed E-state index contributed by atoms with van der Waals surface area (Å²) in [6.07, 6.45) is 0.971. The lowest BCUT2D eigenvalue weighted by atomic mass is 10.0. The van der Waals surface area contributed by atoms with Crippen molar-refractivity contribution in [3.05, 3.63) is 57.7 Å². The molecule has 1 nitrogen and oxygen atoms in total. The molecule has 0 spiro atoms. The fourth-order valence-corrected chi connectivity index (χ4v) is 3.61. The molecule has 90 valence electrons. The van der Waals surface area contributed by atoms with Gasteiger partial charge in [0.1, 0.15) is 0 Å². The Labute approximate surface area is 110 Å². The topological polar surface area (TPSA) is 17.1 Å². The summed E-state index contributed by atoms with van der Waals surface area (Å²) in [5, 5.41) is 1.74. The fourth-order valence-electron chi connectivity index (χ4n) is 2.48. The second-order valence-corrected chi connectivity index (χ2v) is 5.59. The summed E-state index contributed by atoms with van der Waals surface area (Å²) in [7, 11) is 0. The van der Waals surface area contributed by atoms with Crippen LogP contribution in [-0.2, 0) is 6.42 Å². The SMILES string of the molecule is CCc1ccc2sc3ccccc3c(=O)c2c1C. The van der Waals surface area contributed by atoms with Gasteiger partial charge in [0.25, 0.3) is 0 Å². The van der Waals surface area contributed by atoms with E-state index in [4.69, 9.17) is 0 Å². The average Bonchev–Trinajstić information content (AvgIpc) is 2.39. The van der Waals surface area contributed by atoms with Crippen LogP contribution in [0.15, 0.2) is 41.2 Å². The van der Waals surface area contributed by atoms with Crippen LogP contribution >= 0.6 is 11.3 Å². The van der Waals surface area contributed by atoms with E-state index in [0.29, 0.717) is 0 Å². The fraction of sp³-hybridized carbons (Fsp3) is 0.188. The molecule has 0 aliphatic heterocycles. The van der Waals surface area contributed by atoms with Crippen molar-refractivity contribution >= 4 is 31.5 Å². The smallest absolute Gasteiger partial charge is 0.196 e. The highest BCUT2D eigenvalue weighted by molar-refractivity contribution is 7.24. The summed E-state index contributed by atoms with van der Waals surface area (Å²) >= 11 is 1.70. The van der Waals surface area contributed by atoms with Gasteiger partial charge in [0.2, 0.25) is 0 Å². The van der Waals surface area contributed by atoms with Crippen LogP contribution in [0.5, 0.6) is 0 Å². The number of aryl methyl sites for hydroxylation is 2. The summed E-state index contributed by atoms with van der Waals surface area (Å²) in [5.41, 5.74) is 2.58. The molecule has 0 amide bonds. The van der Waals surface area contributed by atoms with Gasteiger partial charge in [-0.15, -0.1) is 11.3 Å². The molecule has 0 atom stereocenters. The van der Waals surface area contributed by atoms with Gasteiger partial charge in [0, 0.05) is 20.2 Å². The summed E-state index contributed by atoms with van der Waals surface area (Å²) in [6, 6.07) is 12.1. The third-order valence-corrected chi connectivity index (χ3v) is 4.63. The van der Waals surface area contributed by atoms with Crippen LogP contribution in [0, 0.1) is 6.92 Å². The summed E-state index contributed by atoms with van der Waals surface area (Å²) in [6.45, 7) is 4.19. The Balaban J connectivity index is 2.57. The molecule has 3 aromatic rings. The van der Waals surface area contributed by atoms with E-state index in [1.165, 1.54) is 5.56 Å². The third kappa shape index (κ3) is 1.57. The zero-order valence-electron chi connectivity index (χ0n) is 10.5. The van der Waals surface area contributed by atoms with Gasteiger partial charge in [0.15, 0.2) is 5.43 Å². The van der Waals surface area contributed by atoms with Gasteiger partial charge < -0.3 is 0 Å². The van der Waals surface area contributed by atoms with E-state index in [-0.39, 0.29) is 5.43 Å². The van der Waals surface area contributed by atoms with Crippen molar-refractivity contribution in [1.82, 2.24) is 0 Å². The average molecular weight is 254 g/mol. The molecule has 0 aliphatic rings. The Morgan fingerprint density at radius 2 is 1.83 bits per heavy atom. The summed E-state index contributed by atoms with van der Waals surface area (Å²) in [5.74, 6) is 0. The minimum atomic E-state index is 0.173. The lowest BCUT2D eigenvalue weighted by molar-refractivity contribution is 1.12. The largest absolute Gasteiger partial charge is 0.288 e. The van der Waals surface area contributed by atoms with Gasteiger partial charge in [-0.25, -0.2) is 0 Å². The van der Waals surface area contributed by atoms with E-state index in [2.05, 4.69) is 26.0 Å². The molecule has 18 heavy (non-hydrogen) atoms. The molecule has 1 heterocycles. The minimum absolute atomic E-state index is 0.173. The molecule has 0 bridgehead atoms. The van der Waals surface area contributed by atoms with Crippen LogP contribution in [0.3, 0.4) is 0 Å². The molecular formula is C16H14OS. The van der Waals surface area contributed by atoms with Crippen LogP contribution < -0.4 is 5.43 Å². The van der Waals surface area contributed by atoms with Crippen molar-refractivity contribution in [1.29, 1.82) is 0 Å². The van der Waals surface area contributed by atoms with Crippen molar-refractivity contribution in [2.45, 2.75) is 20.3 Å². The Morgan fingerprint density at radius 1 is 1.06 bits per heavy atom. The first kappa shape index (κ1) is 11.4. The van der Waals surface area contributed by atoms with Gasteiger partial charge in [-0.1, -0.05) is 25.1 Å². The normalized spacial score (nSPS) is 11.2. The van der Waals surface area contributed by atoms with E-state index in [1.54, 1.807) is 11.3 Å². The standard InChI is InChI=1S/C16H14OS/c1-3-11-8-9-14-15(10(11)2)16(17)12-6-4-5-7-13(12)18-14/h4-9H,3H2,1-2H3. The monoisotopic (exact) mass is 254 g/mol. The highest BCUT2D eigenvalue weighted by Crippen LogP contribution is 2.27. The third-order valence-electron chi connectivity index (χ3n) is 3.50. The Bertz CT molecular complexity index is 799. The zero-order valence-corrected chi connectivity index (χ0v) is 11.3. The van der Waals surface area contributed by atoms with Gasteiger partial charge in [-0.3, -0.25) is 4.79 Å². The molecule has 0 N–H and O–H groups in total. The van der Waals surface area contributed by atoms with Crippen molar-refractivity contribution in [2.24, 2.45) is 0 Å². The van der Waals surface area contributed by atoms with E-state index >= 15 is 0 Å². The number of benzene rings is 2. The van der Waals surface area contributed by atoms with Crippen molar-refractivity contribution < 1.29 is 0 Å². The lowest BCUT2D eigenvalue weighted by Gasteiger charge is -2.07. The molecule has 0 saturated carbocycles. The van der Waals surface area contributed by atoms with Gasteiger partial charge in [0.05, 0.1) is 0 Å². The highest BCUT2D eigenvalue weighted by Gasteiger charge is 2.09. The molecule has 3 rings (SSSR count). The summed E-state index contributed by atoms with van der Waals surface area (Å²) < 4.78 is 2.16. The van der Waals surface area contributed by atoms with E-state index in [0.717, 1.165) is 32.2 Å². The second kappa shape index (κ2) is 4.21. The predicted molar refractivity (Wildman–Crippen MR) is 79.7 cm³/mol. The minimum Gasteiger partial charge on any atom is -0.288 e. The number of hydrogen-bond acceptors (Lipinski definition) is 2. The molecule has 0 unspecified atom stereocenters. The first-order chi connectivity index (χ1) is 8.72. The number of fused-ring (bicyclic) bond motifs is 2. The quantitative estimate of drug-likeness (QED) is 0.592. The predicted octanol–water partition coefficient (Wildman–Crippen LogP) is 4.29. The van der Waals surface area contributed by atoms with E-state index < -0.39 is 0 Å². The molecule has 2 heteroatoms. The van der Waals surface area contributed by atoms with Gasteiger partial charge in [-0.2, -0.15) is 0 Å². The molecule has 1 aromatic heterocycles. The van der Waals surface area contributed by atoms with Crippen LogP contribution in [0.2, 0.25) is 0 Å². The maximum atomic E-state index is 12.6. The molecule has 0 fully saturated rings. The second-order valence-electron chi connectivity index (χ2n) is 4.50. The first-order valence-electron chi connectivity index (χ1n) is 6.16. The lowest BCUT2D eigenvalue weighted by Crippen LogP contribution is -2.04. The van der Waals surface area contributed by atoms with Crippen molar-refractivity contribution in [2.75, 3.05) is 0 Å². The summed E-state index contributed by atoms with van der Waals surface area (Å²) in [4.78, 5) is 12.6. The maximum absolute atomic E-state index is 12.6. The van der Waals surface area contributed by atoms with Crippen LogP contribution in [0.4, 0.5) is 0 Å². The molecular weight excluding hydrogens is 240 g/mol. The van der Waals surface area contributed by atoms with E-state index in [1.807, 2.05) is 24.3 Å². The Kier molecular flexibility index (Phi) is 2.67. The van der Waals surface area contributed by atoms with E-state index in [9.17, 15) is 4.79 Å². The van der Waals surface area contributed by atoms with Crippen molar-refractivity contribution in [3.8, 4) is 0 Å². The van der Waals surface area contributed by atoms with Crippen LogP contribution in [-0.4, -0.2) is 0 Å².